The van der Waals surface area contributed by atoms with Crippen molar-refractivity contribution in [1.29, 1.82) is 0 Å². The van der Waals surface area contributed by atoms with Crippen LogP contribution in [0.15, 0.2) is 28.7 Å². The van der Waals surface area contributed by atoms with Crippen LogP contribution >= 0.6 is 15.9 Å². The van der Waals surface area contributed by atoms with Crippen LogP contribution in [0.4, 0.5) is 0 Å². The Bertz CT molecular complexity index is 539. The van der Waals surface area contributed by atoms with Gasteiger partial charge in [-0.1, -0.05) is 35.0 Å². The first-order valence-electron chi connectivity index (χ1n) is 6.32. The molecule has 0 aliphatic heterocycles. The van der Waals surface area contributed by atoms with Gasteiger partial charge in [0.15, 0.2) is 0 Å². The Morgan fingerprint density at radius 1 is 1.37 bits per heavy atom. The number of hydrogen-bond donors (Lipinski definition) is 2. The molecule has 0 aliphatic carbocycles. The topological polar surface area (TPSA) is 49.9 Å². The van der Waals surface area contributed by atoms with Crippen LogP contribution in [0.1, 0.15) is 23.7 Å². The maximum atomic E-state index is 5.63. The summed E-state index contributed by atoms with van der Waals surface area (Å²) in [6.07, 6.45) is 0. The van der Waals surface area contributed by atoms with Crippen molar-refractivity contribution in [2.24, 2.45) is 0 Å². The molecule has 4 nitrogen and oxygen atoms in total. The van der Waals surface area contributed by atoms with E-state index in [1.165, 1.54) is 5.56 Å². The first kappa shape index (κ1) is 14.1. The highest BCUT2D eigenvalue weighted by Crippen LogP contribution is 2.20. The summed E-state index contributed by atoms with van der Waals surface area (Å²) in [6.45, 7) is 6.41. The summed E-state index contributed by atoms with van der Waals surface area (Å²) in [5.41, 5.74) is 3.36. The number of aryl methyl sites for hydroxylation is 1. The molecule has 0 saturated heterocycles. The Morgan fingerprint density at radius 2 is 2.21 bits per heavy atom. The summed E-state index contributed by atoms with van der Waals surface area (Å²) < 4.78 is 6.69. The molecule has 0 spiro atoms. The van der Waals surface area contributed by atoms with E-state index in [0.29, 0.717) is 12.5 Å². The molecule has 2 aromatic rings. The second kappa shape index (κ2) is 6.73. The van der Waals surface area contributed by atoms with Crippen molar-refractivity contribution in [1.82, 2.24) is 15.5 Å². The highest BCUT2D eigenvalue weighted by molar-refractivity contribution is 9.10. The van der Waals surface area contributed by atoms with Gasteiger partial charge in [0.05, 0.1) is 0 Å². The number of aromatic nitrogens is 2. The predicted octanol–water partition coefficient (Wildman–Crippen LogP) is 3.17. The first-order chi connectivity index (χ1) is 9.19. The fraction of sp³-hybridized carbons (Fsp3) is 0.357. The molecule has 19 heavy (non-hydrogen) atoms. The van der Waals surface area contributed by atoms with Crippen LogP contribution in [-0.4, -0.2) is 16.7 Å². The lowest BCUT2D eigenvalue weighted by Gasteiger charge is -2.08. The molecule has 0 unspecified atom stereocenters. The standard InChI is InChI=1S/C14H18BrN3O/c1-3-16-8-11-4-5-12(13(15)7-11)9-19-14-6-10(2)17-18-14/h4-7,16H,3,8-9H2,1-2H3,(H,17,18). The molecule has 0 bridgehead atoms. The lowest BCUT2D eigenvalue weighted by Crippen LogP contribution is -2.11. The van der Waals surface area contributed by atoms with E-state index in [9.17, 15) is 0 Å². The fourth-order valence-electron chi connectivity index (χ4n) is 1.71. The Morgan fingerprint density at radius 3 is 2.84 bits per heavy atom. The van der Waals surface area contributed by atoms with Crippen molar-refractivity contribution in [3.05, 3.63) is 45.6 Å². The van der Waals surface area contributed by atoms with E-state index < -0.39 is 0 Å². The van der Waals surface area contributed by atoms with Gasteiger partial charge in [0.1, 0.15) is 6.61 Å². The molecular formula is C14H18BrN3O. The van der Waals surface area contributed by atoms with E-state index in [-0.39, 0.29) is 0 Å². The van der Waals surface area contributed by atoms with E-state index >= 15 is 0 Å². The van der Waals surface area contributed by atoms with Crippen LogP contribution in [-0.2, 0) is 13.2 Å². The molecule has 0 fully saturated rings. The second-order valence-corrected chi connectivity index (χ2v) is 5.24. The van der Waals surface area contributed by atoms with Gasteiger partial charge in [-0.25, -0.2) is 0 Å². The Balaban J connectivity index is 1.96. The zero-order chi connectivity index (χ0) is 13.7. The molecule has 1 heterocycles. The lowest BCUT2D eigenvalue weighted by atomic mass is 10.1. The second-order valence-electron chi connectivity index (χ2n) is 4.38. The smallest absolute Gasteiger partial charge is 0.233 e. The maximum Gasteiger partial charge on any atom is 0.233 e. The van der Waals surface area contributed by atoms with E-state index in [4.69, 9.17) is 4.74 Å². The molecule has 102 valence electrons. The third-order valence-electron chi connectivity index (χ3n) is 2.75. The quantitative estimate of drug-likeness (QED) is 0.858. The molecule has 2 rings (SSSR count). The summed E-state index contributed by atoms with van der Waals surface area (Å²) in [7, 11) is 0. The predicted molar refractivity (Wildman–Crippen MR) is 79.2 cm³/mol. The third-order valence-corrected chi connectivity index (χ3v) is 3.49. The number of nitrogens with zero attached hydrogens (tertiary/aromatic N) is 1. The summed E-state index contributed by atoms with van der Waals surface area (Å²) in [5, 5.41) is 10.2. The highest BCUT2D eigenvalue weighted by Gasteiger charge is 2.04. The van der Waals surface area contributed by atoms with E-state index in [0.717, 1.165) is 28.8 Å². The van der Waals surface area contributed by atoms with Gasteiger partial charge < -0.3 is 10.1 Å². The minimum absolute atomic E-state index is 0.506. The van der Waals surface area contributed by atoms with E-state index in [1.807, 2.05) is 13.0 Å². The van der Waals surface area contributed by atoms with Crippen LogP contribution in [0, 0.1) is 6.92 Å². The average Bonchev–Trinajstić information content (AvgIpc) is 2.81. The zero-order valence-corrected chi connectivity index (χ0v) is 12.8. The summed E-state index contributed by atoms with van der Waals surface area (Å²) in [5.74, 6) is 0.626. The largest absolute Gasteiger partial charge is 0.472 e. The van der Waals surface area contributed by atoms with Gasteiger partial charge in [0.2, 0.25) is 5.88 Å². The molecule has 0 radical (unpaired) electrons. The molecule has 0 atom stereocenters. The van der Waals surface area contributed by atoms with Crippen LogP contribution < -0.4 is 10.1 Å². The molecule has 0 amide bonds. The molecule has 1 aromatic carbocycles. The van der Waals surface area contributed by atoms with Crippen molar-refractivity contribution < 1.29 is 4.74 Å². The van der Waals surface area contributed by atoms with Gasteiger partial charge in [-0.2, -0.15) is 0 Å². The van der Waals surface area contributed by atoms with Crippen LogP contribution in [0.3, 0.4) is 0 Å². The van der Waals surface area contributed by atoms with Gasteiger partial charge in [-0.05, 0) is 25.1 Å². The number of ether oxygens (including phenoxy) is 1. The molecule has 0 saturated carbocycles. The Labute approximate surface area is 121 Å². The van der Waals surface area contributed by atoms with Gasteiger partial charge >= 0.3 is 0 Å². The van der Waals surface area contributed by atoms with Gasteiger partial charge in [-0.15, -0.1) is 5.10 Å². The maximum absolute atomic E-state index is 5.63. The highest BCUT2D eigenvalue weighted by atomic mass is 79.9. The van der Waals surface area contributed by atoms with Crippen LogP contribution in [0.25, 0.3) is 0 Å². The van der Waals surface area contributed by atoms with Gasteiger partial charge in [0.25, 0.3) is 0 Å². The number of H-pyrrole nitrogens is 1. The average molecular weight is 324 g/mol. The number of rotatable bonds is 6. The van der Waals surface area contributed by atoms with Crippen molar-refractivity contribution in [2.75, 3.05) is 6.54 Å². The molecule has 2 N–H and O–H groups in total. The minimum atomic E-state index is 0.506. The van der Waals surface area contributed by atoms with E-state index in [2.05, 4.69) is 56.6 Å². The third kappa shape index (κ3) is 4.08. The fourth-order valence-corrected chi connectivity index (χ4v) is 2.25. The van der Waals surface area contributed by atoms with Crippen LogP contribution in [0.2, 0.25) is 0 Å². The minimum Gasteiger partial charge on any atom is -0.472 e. The molecular weight excluding hydrogens is 306 g/mol. The van der Waals surface area contributed by atoms with Crippen molar-refractivity contribution >= 4 is 15.9 Å². The van der Waals surface area contributed by atoms with Crippen molar-refractivity contribution in [2.45, 2.75) is 27.0 Å². The SMILES string of the molecule is CCNCc1ccc(COc2cc(C)[nH]n2)c(Br)c1. The molecule has 1 aromatic heterocycles. The Hall–Kier alpha value is -1.33. The van der Waals surface area contributed by atoms with Gasteiger partial charge in [0, 0.05) is 28.3 Å². The Kier molecular flexibility index (Phi) is 4.99. The first-order valence-corrected chi connectivity index (χ1v) is 7.11. The van der Waals surface area contributed by atoms with Crippen molar-refractivity contribution in [3.8, 4) is 5.88 Å². The number of aromatic amines is 1. The normalized spacial score (nSPS) is 10.7. The van der Waals surface area contributed by atoms with Crippen LogP contribution in [0.5, 0.6) is 5.88 Å². The molecule has 0 aliphatic rings. The number of hydrogen-bond acceptors (Lipinski definition) is 3. The number of halogens is 1. The molecule has 5 heteroatoms. The summed E-state index contributed by atoms with van der Waals surface area (Å²) >= 11 is 3.58. The summed E-state index contributed by atoms with van der Waals surface area (Å²) in [6, 6.07) is 8.20. The summed E-state index contributed by atoms with van der Waals surface area (Å²) in [4.78, 5) is 0. The van der Waals surface area contributed by atoms with E-state index in [1.54, 1.807) is 0 Å². The zero-order valence-electron chi connectivity index (χ0n) is 11.2. The van der Waals surface area contributed by atoms with Gasteiger partial charge in [-0.3, -0.25) is 5.10 Å². The number of nitrogens with one attached hydrogen (secondary N) is 2. The van der Waals surface area contributed by atoms with Crippen molar-refractivity contribution in [3.63, 3.8) is 0 Å². The number of benzene rings is 1. The monoisotopic (exact) mass is 323 g/mol. The lowest BCUT2D eigenvalue weighted by molar-refractivity contribution is 0.292.